The van der Waals surface area contributed by atoms with Gasteiger partial charge < -0.3 is 10.8 Å². The van der Waals surface area contributed by atoms with Crippen LogP contribution in [0.5, 0.6) is 0 Å². The highest BCUT2D eigenvalue weighted by Gasteiger charge is 2.28. The molecule has 19 heavy (non-hydrogen) atoms. The van der Waals surface area contributed by atoms with Gasteiger partial charge in [-0.05, 0) is 19.1 Å². The number of aromatic nitrogens is 1. The Morgan fingerprint density at radius 1 is 1.32 bits per heavy atom. The van der Waals surface area contributed by atoms with E-state index in [4.69, 9.17) is 10.8 Å². The maximum atomic E-state index is 8.97. The molecule has 1 aliphatic heterocycles. The zero-order chi connectivity index (χ0) is 13.7. The number of piperazine rings is 1. The van der Waals surface area contributed by atoms with Gasteiger partial charge in [-0.15, -0.1) is 0 Å². The van der Waals surface area contributed by atoms with Crippen LogP contribution in [-0.2, 0) is 0 Å². The first-order valence-corrected chi connectivity index (χ1v) is 6.96. The fraction of sp³-hybridized carbons (Fsp3) is 0.643. The fourth-order valence-electron chi connectivity index (χ4n) is 2.75. The van der Waals surface area contributed by atoms with Gasteiger partial charge >= 0.3 is 0 Å². The van der Waals surface area contributed by atoms with Crippen LogP contribution < -0.4 is 5.73 Å². The Balaban J connectivity index is 2.02. The molecule has 0 amide bonds. The summed E-state index contributed by atoms with van der Waals surface area (Å²) in [5.41, 5.74) is 7.21. The maximum Gasteiger partial charge on any atom is 0.0671 e. The zero-order valence-electron chi connectivity index (χ0n) is 11.6. The second-order valence-corrected chi connectivity index (χ2v) is 5.16. The Bertz CT molecular complexity index is 363. The number of aliphatic hydroxyl groups is 1. The summed E-state index contributed by atoms with van der Waals surface area (Å²) < 4.78 is 0. The molecule has 1 aromatic heterocycles. The second-order valence-electron chi connectivity index (χ2n) is 5.16. The summed E-state index contributed by atoms with van der Waals surface area (Å²) in [6.45, 7) is 6.95. The van der Waals surface area contributed by atoms with Crippen molar-refractivity contribution in [1.29, 1.82) is 0 Å². The van der Waals surface area contributed by atoms with Crippen molar-refractivity contribution < 1.29 is 5.11 Å². The van der Waals surface area contributed by atoms with Gasteiger partial charge in [-0.3, -0.25) is 14.8 Å². The molecule has 5 heteroatoms. The molecule has 0 radical (unpaired) electrons. The number of rotatable bonds is 5. The predicted molar refractivity (Wildman–Crippen MR) is 75.7 cm³/mol. The molecule has 0 saturated carbocycles. The molecule has 1 saturated heterocycles. The Hall–Kier alpha value is -1.01. The largest absolute Gasteiger partial charge is 0.395 e. The van der Waals surface area contributed by atoms with E-state index in [2.05, 4.69) is 14.8 Å². The summed E-state index contributed by atoms with van der Waals surface area (Å²) in [6, 6.07) is 6.23. The van der Waals surface area contributed by atoms with Gasteiger partial charge in [0.1, 0.15) is 0 Å². The summed E-state index contributed by atoms with van der Waals surface area (Å²) in [4.78, 5) is 9.14. The van der Waals surface area contributed by atoms with E-state index in [0.29, 0.717) is 0 Å². The van der Waals surface area contributed by atoms with Crippen LogP contribution in [0.4, 0.5) is 0 Å². The molecule has 106 valence electrons. The van der Waals surface area contributed by atoms with Crippen molar-refractivity contribution in [2.45, 2.75) is 19.0 Å². The van der Waals surface area contributed by atoms with Crippen molar-refractivity contribution in [3.05, 3.63) is 30.1 Å². The lowest BCUT2D eigenvalue weighted by Gasteiger charge is -2.40. The van der Waals surface area contributed by atoms with Crippen LogP contribution in [0.25, 0.3) is 0 Å². The lowest BCUT2D eigenvalue weighted by atomic mass is 10.0. The van der Waals surface area contributed by atoms with Crippen molar-refractivity contribution in [2.75, 3.05) is 39.3 Å². The van der Waals surface area contributed by atoms with Gasteiger partial charge in [0, 0.05) is 45.0 Å². The number of pyridine rings is 1. The van der Waals surface area contributed by atoms with E-state index in [1.54, 1.807) is 0 Å². The van der Waals surface area contributed by atoms with E-state index in [-0.39, 0.29) is 18.7 Å². The Labute approximate surface area is 115 Å². The lowest BCUT2D eigenvalue weighted by molar-refractivity contribution is 0.0745. The van der Waals surface area contributed by atoms with Crippen LogP contribution in [-0.4, -0.2) is 65.3 Å². The number of nitrogens with two attached hydrogens (primary N) is 1. The van der Waals surface area contributed by atoms with Crippen LogP contribution >= 0.6 is 0 Å². The normalized spacial score (nSPS) is 21.2. The zero-order valence-corrected chi connectivity index (χ0v) is 11.6. The molecule has 5 nitrogen and oxygen atoms in total. The van der Waals surface area contributed by atoms with Crippen LogP contribution in [0.3, 0.4) is 0 Å². The SMILES string of the molecule is CC(N)C(c1ccccn1)N1CCN(CCO)CC1. The van der Waals surface area contributed by atoms with Crippen LogP contribution in [0, 0.1) is 0 Å². The summed E-state index contributed by atoms with van der Waals surface area (Å²) in [5.74, 6) is 0. The third-order valence-corrected chi connectivity index (χ3v) is 3.71. The van der Waals surface area contributed by atoms with E-state index >= 15 is 0 Å². The molecule has 0 aliphatic carbocycles. The Morgan fingerprint density at radius 2 is 2.05 bits per heavy atom. The van der Waals surface area contributed by atoms with Gasteiger partial charge in [-0.2, -0.15) is 0 Å². The maximum absolute atomic E-state index is 8.97. The van der Waals surface area contributed by atoms with E-state index in [1.165, 1.54) is 0 Å². The molecule has 1 fully saturated rings. The second kappa shape index (κ2) is 6.96. The predicted octanol–water partition coefficient (Wildman–Crippen LogP) is 0.0798. The highest BCUT2D eigenvalue weighted by atomic mass is 16.3. The molecular weight excluding hydrogens is 240 g/mol. The van der Waals surface area contributed by atoms with E-state index < -0.39 is 0 Å². The summed E-state index contributed by atoms with van der Waals surface area (Å²) in [7, 11) is 0. The molecule has 2 atom stereocenters. The van der Waals surface area contributed by atoms with Gasteiger partial charge in [0.05, 0.1) is 18.3 Å². The smallest absolute Gasteiger partial charge is 0.0671 e. The van der Waals surface area contributed by atoms with Crippen molar-refractivity contribution in [2.24, 2.45) is 5.73 Å². The highest BCUT2D eigenvalue weighted by molar-refractivity contribution is 5.11. The first-order valence-electron chi connectivity index (χ1n) is 6.96. The molecule has 0 aromatic carbocycles. The van der Waals surface area contributed by atoms with Crippen LogP contribution in [0.2, 0.25) is 0 Å². The van der Waals surface area contributed by atoms with Gasteiger partial charge in [-0.25, -0.2) is 0 Å². The average molecular weight is 264 g/mol. The molecule has 3 N–H and O–H groups in total. The first kappa shape index (κ1) is 14.4. The van der Waals surface area contributed by atoms with E-state index in [9.17, 15) is 0 Å². The van der Waals surface area contributed by atoms with Gasteiger partial charge in [0.15, 0.2) is 0 Å². The molecule has 2 heterocycles. The van der Waals surface area contributed by atoms with E-state index in [1.807, 2.05) is 31.3 Å². The molecule has 2 unspecified atom stereocenters. The highest BCUT2D eigenvalue weighted by Crippen LogP contribution is 2.22. The summed E-state index contributed by atoms with van der Waals surface area (Å²) in [5, 5.41) is 8.97. The van der Waals surface area contributed by atoms with Crippen molar-refractivity contribution in [1.82, 2.24) is 14.8 Å². The minimum absolute atomic E-state index is 0.0549. The molecular formula is C14H24N4O. The number of nitrogens with zero attached hydrogens (tertiary/aromatic N) is 3. The minimum Gasteiger partial charge on any atom is -0.395 e. The first-order chi connectivity index (χ1) is 9.22. The van der Waals surface area contributed by atoms with Crippen molar-refractivity contribution >= 4 is 0 Å². The molecule has 1 aromatic rings. The monoisotopic (exact) mass is 264 g/mol. The third kappa shape index (κ3) is 3.73. The van der Waals surface area contributed by atoms with Gasteiger partial charge in [0.2, 0.25) is 0 Å². The fourth-order valence-corrected chi connectivity index (χ4v) is 2.75. The van der Waals surface area contributed by atoms with E-state index in [0.717, 1.165) is 38.4 Å². The van der Waals surface area contributed by atoms with Crippen LogP contribution in [0.1, 0.15) is 18.7 Å². The molecule has 2 rings (SSSR count). The topological polar surface area (TPSA) is 65.6 Å². The summed E-state index contributed by atoms with van der Waals surface area (Å²) >= 11 is 0. The average Bonchev–Trinajstić information content (AvgIpc) is 2.42. The van der Waals surface area contributed by atoms with Crippen LogP contribution in [0.15, 0.2) is 24.4 Å². The van der Waals surface area contributed by atoms with Crippen molar-refractivity contribution in [3.63, 3.8) is 0 Å². The number of β-amino-alcohol motifs (C(OH)–C–C–N with tert-alkyl or cyclic N) is 1. The Morgan fingerprint density at radius 3 is 2.58 bits per heavy atom. The minimum atomic E-state index is 0.0549. The number of hydrogen-bond donors (Lipinski definition) is 2. The lowest BCUT2D eigenvalue weighted by Crippen LogP contribution is -2.51. The summed E-state index contributed by atoms with van der Waals surface area (Å²) in [6.07, 6.45) is 1.83. The standard InChI is InChI=1S/C14H24N4O/c1-12(15)14(13-4-2-3-5-16-13)18-8-6-17(7-9-18)10-11-19/h2-5,12,14,19H,6-11,15H2,1H3. The number of hydrogen-bond acceptors (Lipinski definition) is 5. The van der Waals surface area contributed by atoms with Gasteiger partial charge in [0.25, 0.3) is 0 Å². The van der Waals surface area contributed by atoms with Crippen molar-refractivity contribution in [3.8, 4) is 0 Å². The quantitative estimate of drug-likeness (QED) is 0.788. The molecule has 0 bridgehead atoms. The molecule has 0 spiro atoms. The Kier molecular flexibility index (Phi) is 5.27. The van der Waals surface area contributed by atoms with Gasteiger partial charge in [-0.1, -0.05) is 6.07 Å². The molecule has 1 aliphatic rings. The number of aliphatic hydroxyl groups excluding tert-OH is 1. The third-order valence-electron chi connectivity index (χ3n) is 3.71.